The Bertz CT molecular complexity index is 623. The molecule has 2 aromatic rings. The summed E-state index contributed by atoms with van der Waals surface area (Å²) < 4.78 is 39.7. The fourth-order valence-electron chi connectivity index (χ4n) is 2.05. The van der Waals surface area contributed by atoms with Crippen molar-refractivity contribution in [2.24, 2.45) is 0 Å². The van der Waals surface area contributed by atoms with Gasteiger partial charge in [0.05, 0.1) is 0 Å². The predicted octanol–water partition coefficient (Wildman–Crippen LogP) is 3.80. The first-order valence-electron chi connectivity index (χ1n) is 5.80. The molecule has 100 valence electrons. The van der Waals surface area contributed by atoms with Gasteiger partial charge >= 0.3 is 0 Å². The Labute approximate surface area is 109 Å². The first-order valence-corrected chi connectivity index (χ1v) is 5.80. The van der Waals surface area contributed by atoms with Crippen molar-refractivity contribution < 1.29 is 18.3 Å². The van der Waals surface area contributed by atoms with Gasteiger partial charge in [0.2, 0.25) is 0 Å². The number of benzene rings is 2. The van der Waals surface area contributed by atoms with Gasteiger partial charge in [-0.15, -0.1) is 0 Å². The number of aliphatic hydroxyl groups excluding tert-OH is 1. The summed E-state index contributed by atoms with van der Waals surface area (Å²) in [6.45, 7) is 3.66. The van der Waals surface area contributed by atoms with Crippen LogP contribution in [-0.4, -0.2) is 5.11 Å². The summed E-state index contributed by atoms with van der Waals surface area (Å²) in [5.41, 5.74) is 1.96. The fourth-order valence-corrected chi connectivity index (χ4v) is 2.05. The number of hydrogen-bond acceptors (Lipinski definition) is 1. The smallest absolute Gasteiger partial charge is 0.194 e. The van der Waals surface area contributed by atoms with E-state index in [0.717, 1.165) is 23.3 Å². The predicted molar refractivity (Wildman–Crippen MR) is 66.3 cm³/mol. The second-order valence-electron chi connectivity index (χ2n) is 4.53. The van der Waals surface area contributed by atoms with Crippen LogP contribution in [0.3, 0.4) is 0 Å². The van der Waals surface area contributed by atoms with Crippen molar-refractivity contribution in [1.82, 2.24) is 0 Å². The van der Waals surface area contributed by atoms with Crippen molar-refractivity contribution in [2.75, 3.05) is 0 Å². The summed E-state index contributed by atoms with van der Waals surface area (Å²) in [5.74, 6) is -4.19. The number of halogens is 3. The molecule has 1 nitrogen and oxygen atoms in total. The van der Waals surface area contributed by atoms with Gasteiger partial charge < -0.3 is 5.11 Å². The fraction of sp³-hybridized carbons (Fsp3) is 0.200. The van der Waals surface area contributed by atoms with E-state index in [1.165, 1.54) is 0 Å². The minimum atomic E-state index is -1.57. The quantitative estimate of drug-likeness (QED) is 0.820. The van der Waals surface area contributed by atoms with Gasteiger partial charge in [0.1, 0.15) is 6.10 Å². The molecule has 4 heteroatoms. The van der Waals surface area contributed by atoms with Crippen LogP contribution >= 0.6 is 0 Å². The number of hydrogen-bond donors (Lipinski definition) is 1. The van der Waals surface area contributed by atoms with Gasteiger partial charge in [-0.25, -0.2) is 13.2 Å². The molecule has 0 bridgehead atoms. The Hall–Kier alpha value is -1.81. The van der Waals surface area contributed by atoms with E-state index < -0.39 is 23.6 Å². The summed E-state index contributed by atoms with van der Waals surface area (Å²) in [5, 5.41) is 10.1. The van der Waals surface area contributed by atoms with Crippen molar-refractivity contribution in [2.45, 2.75) is 20.0 Å². The summed E-state index contributed by atoms with van der Waals surface area (Å²) in [6, 6.07) is 7.11. The lowest BCUT2D eigenvalue weighted by Crippen LogP contribution is -2.07. The topological polar surface area (TPSA) is 20.2 Å². The van der Waals surface area contributed by atoms with Gasteiger partial charge in [0, 0.05) is 5.56 Å². The van der Waals surface area contributed by atoms with Crippen LogP contribution in [0.15, 0.2) is 30.3 Å². The molecule has 2 rings (SSSR count). The van der Waals surface area contributed by atoms with Crippen molar-refractivity contribution in [3.05, 3.63) is 70.0 Å². The van der Waals surface area contributed by atoms with Gasteiger partial charge in [0.15, 0.2) is 17.5 Å². The summed E-state index contributed by atoms with van der Waals surface area (Å²) in [7, 11) is 0. The number of aryl methyl sites for hydroxylation is 2. The maximum Gasteiger partial charge on any atom is 0.194 e. The van der Waals surface area contributed by atoms with E-state index in [1.54, 1.807) is 19.1 Å². The first kappa shape index (κ1) is 13.6. The second kappa shape index (κ2) is 5.05. The van der Waals surface area contributed by atoms with Crippen LogP contribution in [-0.2, 0) is 0 Å². The van der Waals surface area contributed by atoms with Crippen LogP contribution in [0.2, 0.25) is 0 Å². The van der Waals surface area contributed by atoms with Crippen LogP contribution in [0.1, 0.15) is 28.4 Å². The SMILES string of the molecule is Cc1ccc(C(O)c2ccc(F)c(F)c2F)c(C)c1. The van der Waals surface area contributed by atoms with E-state index in [4.69, 9.17) is 0 Å². The zero-order valence-electron chi connectivity index (χ0n) is 10.5. The maximum absolute atomic E-state index is 13.6. The molecule has 0 amide bonds. The van der Waals surface area contributed by atoms with E-state index >= 15 is 0 Å². The zero-order chi connectivity index (χ0) is 14.2. The first-order chi connectivity index (χ1) is 8.91. The molecule has 0 heterocycles. The third kappa shape index (κ3) is 2.49. The number of aliphatic hydroxyl groups is 1. The molecule has 1 N–H and O–H groups in total. The molecular formula is C15H13F3O. The standard InChI is InChI=1S/C15H13F3O/c1-8-3-4-10(9(2)7-8)15(19)11-5-6-12(16)14(18)13(11)17/h3-7,15,19H,1-2H3. The highest BCUT2D eigenvalue weighted by molar-refractivity contribution is 5.38. The largest absolute Gasteiger partial charge is 0.384 e. The van der Waals surface area contributed by atoms with E-state index in [0.29, 0.717) is 5.56 Å². The molecule has 0 aliphatic heterocycles. The zero-order valence-corrected chi connectivity index (χ0v) is 10.5. The molecule has 0 saturated heterocycles. The summed E-state index contributed by atoms with van der Waals surface area (Å²) in [6.07, 6.45) is -1.32. The van der Waals surface area contributed by atoms with E-state index in [1.807, 2.05) is 13.0 Å². The molecule has 0 radical (unpaired) electrons. The van der Waals surface area contributed by atoms with Crippen molar-refractivity contribution in [1.29, 1.82) is 0 Å². The second-order valence-corrected chi connectivity index (χ2v) is 4.53. The van der Waals surface area contributed by atoms with Gasteiger partial charge in [-0.2, -0.15) is 0 Å². The molecule has 0 aromatic heterocycles. The Morgan fingerprint density at radius 3 is 2.16 bits per heavy atom. The highest BCUT2D eigenvalue weighted by Crippen LogP contribution is 2.28. The third-order valence-electron chi connectivity index (χ3n) is 3.08. The van der Waals surface area contributed by atoms with Crippen LogP contribution < -0.4 is 0 Å². The van der Waals surface area contributed by atoms with E-state index in [-0.39, 0.29) is 5.56 Å². The Morgan fingerprint density at radius 1 is 0.895 bits per heavy atom. The van der Waals surface area contributed by atoms with Gasteiger partial charge in [-0.05, 0) is 31.0 Å². The third-order valence-corrected chi connectivity index (χ3v) is 3.08. The van der Waals surface area contributed by atoms with E-state index in [2.05, 4.69) is 0 Å². The lowest BCUT2D eigenvalue weighted by molar-refractivity contribution is 0.212. The highest BCUT2D eigenvalue weighted by Gasteiger charge is 2.21. The monoisotopic (exact) mass is 266 g/mol. The molecular weight excluding hydrogens is 253 g/mol. The molecule has 0 fully saturated rings. The molecule has 0 spiro atoms. The summed E-state index contributed by atoms with van der Waals surface area (Å²) >= 11 is 0. The van der Waals surface area contributed by atoms with Crippen LogP contribution in [0, 0.1) is 31.3 Å². The van der Waals surface area contributed by atoms with Crippen LogP contribution in [0.4, 0.5) is 13.2 Å². The van der Waals surface area contributed by atoms with Crippen molar-refractivity contribution >= 4 is 0 Å². The molecule has 0 aliphatic carbocycles. The molecule has 2 aromatic carbocycles. The lowest BCUT2D eigenvalue weighted by atomic mass is 9.95. The van der Waals surface area contributed by atoms with Crippen LogP contribution in [0.5, 0.6) is 0 Å². The van der Waals surface area contributed by atoms with E-state index in [9.17, 15) is 18.3 Å². The Balaban J connectivity index is 2.50. The maximum atomic E-state index is 13.6. The van der Waals surface area contributed by atoms with Gasteiger partial charge in [-0.3, -0.25) is 0 Å². The number of rotatable bonds is 2. The minimum Gasteiger partial charge on any atom is -0.384 e. The van der Waals surface area contributed by atoms with Gasteiger partial charge in [0.25, 0.3) is 0 Å². The summed E-state index contributed by atoms with van der Waals surface area (Å²) in [4.78, 5) is 0. The molecule has 1 unspecified atom stereocenters. The Morgan fingerprint density at radius 2 is 1.53 bits per heavy atom. The van der Waals surface area contributed by atoms with Crippen LogP contribution in [0.25, 0.3) is 0 Å². The molecule has 0 aliphatic rings. The van der Waals surface area contributed by atoms with Crippen molar-refractivity contribution in [3.8, 4) is 0 Å². The molecule has 0 saturated carbocycles. The minimum absolute atomic E-state index is 0.272. The molecule has 1 atom stereocenters. The highest BCUT2D eigenvalue weighted by atomic mass is 19.2. The lowest BCUT2D eigenvalue weighted by Gasteiger charge is -2.15. The Kier molecular flexibility index (Phi) is 3.62. The molecule has 19 heavy (non-hydrogen) atoms. The normalized spacial score (nSPS) is 12.5. The average Bonchev–Trinajstić information content (AvgIpc) is 2.35. The average molecular weight is 266 g/mol. The van der Waals surface area contributed by atoms with Crippen molar-refractivity contribution in [3.63, 3.8) is 0 Å². The van der Waals surface area contributed by atoms with Gasteiger partial charge in [-0.1, -0.05) is 29.8 Å².